The molecule has 32 heavy (non-hydrogen) atoms. The molecule has 0 spiro atoms. The summed E-state index contributed by atoms with van der Waals surface area (Å²) in [6.45, 7) is 0.939. The number of hydrogen-bond acceptors (Lipinski definition) is 4. The second-order valence-corrected chi connectivity index (χ2v) is 9.88. The number of amides is 2. The molecule has 1 aliphatic rings. The van der Waals surface area contributed by atoms with Gasteiger partial charge in [0.25, 0.3) is 11.8 Å². The van der Waals surface area contributed by atoms with Gasteiger partial charge in [0.2, 0.25) is 0 Å². The third kappa shape index (κ3) is 4.83. The van der Waals surface area contributed by atoms with E-state index < -0.39 is 0 Å². The van der Waals surface area contributed by atoms with Crippen LogP contribution in [0.2, 0.25) is 0 Å². The minimum Gasteiger partial charge on any atom is -0.369 e. The van der Waals surface area contributed by atoms with Crippen LogP contribution in [-0.4, -0.2) is 60.5 Å². The van der Waals surface area contributed by atoms with E-state index in [1.165, 1.54) is 0 Å². The van der Waals surface area contributed by atoms with Crippen molar-refractivity contribution >= 4 is 76.4 Å². The molecule has 3 aromatic heterocycles. The first-order valence-electron chi connectivity index (χ1n) is 10.3. The lowest BCUT2D eigenvalue weighted by atomic mass is 9.79. The summed E-state index contributed by atoms with van der Waals surface area (Å²) in [6.07, 6.45) is 1.37. The zero-order valence-corrected chi connectivity index (χ0v) is 20.9. The Morgan fingerprint density at radius 1 is 1.03 bits per heavy atom. The van der Waals surface area contributed by atoms with Gasteiger partial charge in [-0.1, -0.05) is 5.46 Å². The second-order valence-electron chi connectivity index (χ2n) is 8.23. The van der Waals surface area contributed by atoms with Gasteiger partial charge in [0.05, 0.1) is 14.8 Å². The molecule has 3 heterocycles. The van der Waals surface area contributed by atoms with Gasteiger partial charge in [-0.15, -0.1) is 0 Å². The number of nitrogens with zero attached hydrogens (tertiary/aromatic N) is 1. The normalized spacial score (nSPS) is 17.7. The largest absolute Gasteiger partial charge is 0.369 e. The quantitative estimate of drug-likeness (QED) is 0.212. The average Bonchev–Trinajstić information content (AvgIpc) is 3.39. The van der Waals surface area contributed by atoms with Crippen molar-refractivity contribution in [3.8, 4) is 0 Å². The van der Waals surface area contributed by atoms with Crippen molar-refractivity contribution in [3.63, 3.8) is 0 Å². The summed E-state index contributed by atoms with van der Waals surface area (Å²) in [7, 11) is 3.91. The summed E-state index contributed by atoms with van der Waals surface area (Å²) in [5, 5.41) is 6.05. The number of carbonyl (C=O) groups excluding carboxylic acids is 2. The topological polar surface area (TPSA) is 144 Å². The molecule has 0 fully saturated rings. The molecule has 4 rings (SSSR count). The van der Waals surface area contributed by atoms with Crippen molar-refractivity contribution in [2.24, 2.45) is 11.8 Å². The maximum atomic E-state index is 12.6. The number of anilines is 1. The fraction of sp³-hybridized carbons (Fsp3) is 0.316. The number of H-pyrrole nitrogens is 3. The van der Waals surface area contributed by atoms with Gasteiger partial charge in [-0.3, -0.25) is 9.59 Å². The van der Waals surface area contributed by atoms with Crippen LogP contribution in [0.4, 0.5) is 5.95 Å². The van der Waals surface area contributed by atoms with E-state index in [4.69, 9.17) is 5.73 Å². The predicted molar refractivity (Wildman–Crippen MR) is 135 cm³/mol. The Morgan fingerprint density at radius 2 is 1.66 bits per heavy atom. The van der Waals surface area contributed by atoms with Crippen LogP contribution in [0, 0.1) is 11.8 Å². The van der Waals surface area contributed by atoms with Gasteiger partial charge >= 0.3 is 0 Å². The van der Waals surface area contributed by atoms with Crippen LogP contribution in [0.25, 0.3) is 0 Å². The van der Waals surface area contributed by atoms with Crippen LogP contribution in [0.1, 0.15) is 32.4 Å². The number of rotatable bonds is 6. The van der Waals surface area contributed by atoms with Crippen LogP contribution in [0.15, 0.2) is 21.2 Å². The lowest BCUT2D eigenvalue weighted by Gasteiger charge is -2.31. The monoisotopic (exact) mass is 561 g/mol. The molecule has 0 aliphatic heterocycles. The number of hydrogen-bond donors (Lipinski definition) is 6. The molecule has 0 aromatic carbocycles. The van der Waals surface area contributed by atoms with Crippen molar-refractivity contribution < 1.29 is 9.59 Å². The first-order chi connectivity index (χ1) is 15.2. The summed E-state index contributed by atoms with van der Waals surface area (Å²) < 4.78 is 1.50. The lowest BCUT2D eigenvalue weighted by Crippen LogP contribution is -2.42. The highest BCUT2D eigenvalue weighted by atomic mass is 79.9. The maximum Gasteiger partial charge on any atom is 0.267 e. The summed E-state index contributed by atoms with van der Waals surface area (Å²) in [4.78, 5) is 38.8. The Hall–Kier alpha value is -2.40. The van der Waals surface area contributed by atoms with E-state index in [-0.39, 0.29) is 23.7 Å². The molecule has 2 amide bonds. The van der Waals surface area contributed by atoms with Gasteiger partial charge in [-0.2, -0.15) is 0 Å². The molecular formula is C19H23B2Br2N7O2. The number of imidazole rings is 1. The summed E-state index contributed by atoms with van der Waals surface area (Å²) in [5.41, 5.74) is 10.8. The number of nitrogens with two attached hydrogens (primary N) is 1. The third-order valence-corrected chi connectivity index (χ3v) is 7.79. The van der Waals surface area contributed by atoms with E-state index in [1.54, 1.807) is 6.07 Å². The molecule has 0 unspecified atom stereocenters. The minimum atomic E-state index is -0.191. The Balaban J connectivity index is 1.44. The molecule has 2 atom stereocenters. The number of nitrogens with one attached hydrogen (secondary N) is 5. The molecule has 0 bridgehead atoms. The van der Waals surface area contributed by atoms with Gasteiger partial charge in [-0.05, 0) is 74.3 Å². The molecule has 13 heteroatoms. The number of aromatic amines is 3. The highest BCUT2D eigenvalue weighted by Gasteiger charge is 2.31. The minimum absolute atomic E-state index is 0.100. The predicted octanol–water partition coefficient (Wildman–Crippen LogP) is -1.12. The highest BCUT2D eigenvalue weighted by molar-refractivity contribution is 9.13. The van der Waals surface area contributed by atoms with Crippen LogP contribution >= 0.6 is 31.9 Å². The van der Waals surface area contributed by atoms with Crippen LogP contribution < -0.4 is 27.4 Å². The van der Waals surface area contributed by atoms with Gasteiger partial charge in [0.15, 0.2) is 13.8 Å². The molecule has 0 radical (unpaired) electrons. The van der Waals surface area contributed by atoms with E-state index in [1.807, 2.05) is 21.8 Å². The Labute approximate surface area is 203 Å². The third-order valence-electron chi connectivity index (χ3n) is 6.01. The Morgan fingerprint density at radius 3 is 2.22 bits per heavy atom. The molecule has 166 valence electrons. The highest BCUT2D eigenvalue weighted by Crippen LogP contribution is 2.29. The van der Waals surface area contributed by atoms with Crippen molar-refractivity contribution in [1.29, 1.82) is 0 Å². The SMILES string of the molecule is Bc1cc(C(=O)NC[C@@H]2Cc3[nH]c(N)nc3C[C@H]2CNC(=O)c2cc(Br)c(Br)[nH]2)[nH]c1B. The molecule has 0 saturated heterocycles. The molecule has 0 saturated carbocycles. The number of halogens is 2. The van der Waals surface area contributed by atoms with E-state index in [2.05, 4.69) is 62.4 Å². The standard InChI is InChI=1S/C19H23B2Br2N7O2/c20-9-3-13(27-15(9)21)17(31)25-5-7-1-11-12(30-19(24)29-11)2-8(7)6-26-18(32)14-4-10(22)16(23)28-14/h3-4,7-8,27-28H,1-2,5-6,20-21H2,(H,25,31)(H,26,32)(H3,24,29,30)/t7-,8-/m0/s1. The molecule has 9 nitrogen and oxygen atoms in total. The summed E-state index contributed by atoms with van der Waals surface area (Å²) in [6, 6.07) is 3.58. The molecule has 1 aliphatic carbocycles. The van der Waals surface area contributed by atoms with E-state index in [0.29, 0.717) is 47.9 Å². The Bertz CT molecular complexity index is 1050. The van der Waals surface area contributed by atoms with Gasteiger partial charge in [-0.25, -0.2) is 4.98 Å². The molecule has 7 N–H and O–H groups in total. The molecule has 3 aromatic rings. The first-order valence-corrected chi connectivity index (χ1v) is 11.9. The number of nitrogen functional groups attached to an aromatic ring is 1. The Kier molecular flexibility index (Phi) is 6.57. The lowest BCUT2D eigenvalue weighted by molar-refractivity contribution is 0.0911. The van der Waals surface area contributed by atoms with Gasteiger partial charge in [0.1, 0.15) is 19.2 Å². The maximum absolute atomic E-state index is 12.6. The number of fused-ring (bicyclic) bond motifs is 1. The molecular weight excluding hydrogens is 540 g/mol. The van der Waals surface area contributed by atoms with E-state index >= 15 is 0 Å². The van der Waals surface area contributed by atoms with E-state index in [9.17, 15) is 9.59 Å². The van der Waals surface area contributed by atoms with E-state index in [0.717, 1.165) is 26.9 Å². The zero-order chi connectivity index (χ0) is 23.0. The fourth-order valence-corrected chi connectivity index (χ4v) is 4.73. The first kappa shape index (κ1) is 22.8. The van der Waals surface area contributed by atoms with Gasteiger partial charge < -0.3 is 31.3 Å². The van der Waals surface area contributed by atoms with Crippen LogP contribution in [0.3, 0.4) is 0 Å². The summed E-state index contributed by atoms with van der Waals surface area (Å²) >= 11 is 6.73. The number of aromatic nitrogens is 4. The van der Waals surface area contributed by atoms with Crippen molar-refractivity contribution in [2.45, 2.75) is 12.8 Å². The van der Waals surface area contributed by atoms with Crippen molar-refractivity contribution in [3.05, 3.63) is 44.0 Å². The average molecular weight is 563 g/mol. The van der Waals surface area contributed by atoms with Crippen LogP contribution in [0.5, 0.6) is 0 Å². The van der Waals surface area contributed by atoms with Gasteiger partial charge in [0, 0.05) is 18.8 Å². The smallest absolute Gasteiger partial charge is 0.267 e. The van der Waals surface area contributed by atoms with Crippen molar-refractivity contribution in [1.82, 2.24) is 30.6 Å². The number of carbonyl (C=O) groups is 2. The zero-order valence-electron chi connectivity index (χ0n) is 17.7. The summed E-state index contributed by atoms with van der Waals surface area (Å²) in [5.74, 6) is 0.277. The second kappa shape index (κ2) is 9.22. The van der Waals surface area contributed by atoms with Crippen LogP contribution in [-0.2, 0) is 12.8 Å². The fourth-order valence-electron chi connectivity index (χ4n) is 4.07. The van der Waals surface area contributed by atoms with Crippen molar-refractivity contribution in [2.75, 3.05) is 18.8 Å².